The van der Waals surface area contributed by atoms with Gasteiger partial charge in [0.15, 0.2) is 11.9 Å². The zero-order valence-electron chi connectivity index (χ0n) is 13.6. The van der Waals surface area contributed by atoms with Gasteiger partial charge in [0.25, 0.3) is 5.91 Å². The second-order valence-corrected chi connectivity index (χ2v) is 7.14. The van der Waals surface area contributed by atoms with E-state index in [0.717, 1.165) is 22.0 Å². The Morgan fingerprint density at radius 2 is 2.14 bits per heavy atom. The van der Waals surface area contributed by atoms with Gasteiger partial charge in [-0.05, 0) is 34.1 Å². The fraction of sp³-hybridized carbons (Fsp3) is 0.733. The lowest BCUT2D eigenvalue weighted by Crippen LogP contribution is -2.69. The fourth-order valence-corrected chi connectivity index (χ4v) is 3.42. The van der Waals surface area contributed by atoms with Crippen LogP contribution in [0.4, 0.5) is 4.79 Å². The summed E-state index contributed by atoms with van der Waals surface area (Å²) in [6, 6.07) is -0.416. The summed E-state index contributed by atoms with van der Waals surface area (Å²) in [6.45, 7) is 6.98. The molecule has 0 spiro atoms. The molecular formula is C15H23NO5S. The lowest BCUT2D eigenvalue weighted by Gasteiger charge is -2.47. The molecule has 2 aliphatic rings. The molecule has 22 heavy (non-hydrogen) atoms. The van der Waals surface area contributed by atoms with E-state index in [0.29, 0.717) is 0 Å². The summed E-state index contributed by atoms with van der Waals surface area (Å²) in [7, 11) is 1.52. The molecule has 0 aromatic heterocycles. The van der Waals surface area contributed by atoms with Crippen LogP contribution in [0, 0.1) is 0 Å². The van der Waals surface area contributed by atoms with Crippen molar-refractivity contribution < 1.29 is 23.8 Å². The lowest BCUT2D eigenvalue weighted by atomic mass is 9.97. The quantitative estimate of drug-likeness (QED) is 0.570. The summed E-state index contributed by atoms with van der Waals surface area (Å²) in [5, 5.41) is 0. The van der Waals surface area contributed by atoms with Crippen LogP contribution in [-0.4, -0.2) is 53.8 Å². The number of β-lactam (4-membered cyclic amide) rings is 1. The highest BCUT2D eigenvalue weighted by molar-refractivity contribution is 8.03. The Morgan fingerprint density at radius 3 is 2.64 bits per heavy atom. The molecule has 0 aliphatic carbocycles. The first kappa shape index (κ1) is 17.3. The smallest absolute Gasteiger partial charge is 0.417 e. The van der Waals surface area contributed by atoms with E-state index in [2.05, 4.69) is 0 Å². The Balaban J connectivity index is 2.17. The Bertz CT molecular complexity index is 488. The van der Waals surface area contributed by atoms with Gasteiger partial charge in [-0.1, -0.05) is 6.08 Å². The number of amides is 2. The van der Waals surface area contributed by atoms with E-state index in [1.165, 1.54) is 7.11 Å². The number of hydrogen-bond acceptors (Lipinski definition) is 6. The van der Waals surface area contributed by atoms with Crippen LogP contribution in [-0.2, 0) is 19.0 Å². The molecule has 0 aromatic rings. The Kier molecular flexibility index (Phi) is 5.19. The molecule has 2 rings (SSSR count). The topological polar surface area (TPSA) is 65.1 Å². The van der Waals surface area contributed by atoms with E-state index in [9.17, 15) is 9.59 Å². The third-order valence-corrected chi connectivity index (χ3v) is 4.69. The van der Waals surface area contributed by atoms with Crippen molar-refractivity contribution in [3.8, 4) is 0 Å². The molecule has 1 fully saturated rings. The number of ether oxygens (including phenoxy) is 3. The van der Waals surface area contributed by atoms with Crippen LogP contribution in [0.15, 0.2) is 11.0 Å². The maximum absolute atomic E-state index is 12.4. The van der Waals surface area contributed by atoms with Gasteiger partial charge in [0.1, 0.15) is 6.04 Å². The van der Waals surface area contributed by atoms with Gasteiger partial charge in [0.05, 0.1) is 6.10 Å². The molecule has 2 atom stereocenters. The number of carbonyl (C=O) groups is 2. The van der Waals surface area contributed by atoms with Crippen LogP contribution < -0.4 is 0 Å². The first-order valence-electron chi connectivity index (χ1n) is 7.36. The van der Waals surface area contributed by atoms with Crippen molar-refractivity contribution in [1.82, 2.24) is 4.90 Å². The second-order valence-electron chi connectivity index (χ2n) is 5.97. The van der Waals surface area contributed by atoms with Crippen molar-refractivity contribution in [2.24, 2.45) is 0 Å². The van der Waals surface area contributed by atoms with Gasteiger partial charge in [0, 0.05) is 17.8 Å². The minimum Gasteiger partial charge on any atom is -0.446 e. The first-order valence-corrected chi connectivity index (χ1v) is 8.35. The predicted molar refractivity (Wildman–Crippen MR) is 83.4 cm³/mol. The fourth-order valence-electron chi connectivity index (χ4n) is 2.31. The highest BCUT2D eigenvalue weighted by Crippen LogP contribution is 2.40. The van der Waals surface area contributed by atoms with Crippen molar-refractivity contribution in [3.05, 3.63) is 11.0 Å². The number of methoxy groups -OCH3 is 1. The van der Waals surface area contributed by atoms with Gasteiger partial charge in [-0.15, -0.1) is 11.8 Å². The standard InChI is InChI=1S/C15H23NO5S/c1-9(2)20-14(18)16-11(10-7-6-8-22-10)12(13(16)17)21-15(3,4)19-5/h7,9,11-12H,6,8H2,1-5H3/t11-,12+/m0/s1. The van der Waals surface area contributed by atoms with Crippen molar-refractivity contribution in [3.63, 3.8) is 0 Å². The summed E-state index contributed by atoms with van der Waals surface area (Å²) >= 11 is 1.64. The highest BCUT2D eigenvalue weighted by atomic mass is 32.2. The van der Waals surface area contributed by atoms with Gasteiger partial charge < -0.3 is 14.2 Å². The molecule has 0 N–H and O–H groups in total. The molecule has 0 bridgehead atoms. The Hall–Kier alpha value is -1.05. The van der Waals surface area contributed by atoms with Crippen molar-refractivity contribution in [2.75, 3.05) is 12.9 Å². The zero-order valence-corrected chi connectivity index (χ0v) is 14.4. The van der Waals surface area contributed by atoms with Crippen molar-refractivity contribution in [1.29, 1.82) is 0 Å². The van der Waals surface area contributed by atoms with Gasteiger partial charge in [-0.25, -0.2) is 9.69 Å². The van der Waals surface area contributed by atoms with Crippen LogP contribution in [0.3, 0.4) is 0 Å². The van der Waals surface area contributed by atoms with E-state index in [1.807, 2.05) is 6.08 Å². The van der Waals surface area contributed by atoms with E-state index < -0.39 is 24.0 Å². The molecule has 6 nitrogen and oxygen atoms in total. The zero-order chi connectivity index (χ0) is 16.5. The Morgan fingerprint density at radius 1 is 1.45 bits per heavy atom. The average molecular weight is 329 g/mol. The number of imide groups is 1. The molecule has 124 valence electrons. The summed E-state index contributed by atoms with van der Waals surface area (Å²) in [5.74, 6) is -0.321. The van der Waals surface area contributed by atoms with Crippen LogP contribution in [0.5, 0.6) is 0 Å². The molecule has 2 amide bonds. The molecule has 0 radical (unpaired) electrons. The van der Waals surface area contributed by atoms with E-state index in [-0.39, 0.29) is 12.0 Å². The minimum absolute atomic E-state index is 0.276. The van der Waals surface area contributed by atoms with E-state index in [4.69, 9.17) is 14.2 Å². The maximum atomic E-state index is 12.4. The van der Waals surface area contributed by atoms with Gasteiger partial charge in [0.2, 0.25) is 0 Å². The number of nitrogens with zero attached hydrogens (tertiary/aromatic N) is 1. The monoisotopic (exact) mass is 329 g/mol. The number of carbonyl (C=O) groups excluding carboxylic acids is 2. The SMILES string of the molecule is COC(C)(C)O[C@H]1C(=O)N(C(=O)OC(C)C)[C@H]1C1=CCCS1. The molecule has 1 saturated heterocycles. The highest BCUT2D eigenvalue weighted by Gasteiger charge is 2.56. The summed E-state index contributed by atoms with van der Waals surface area (Å²) in [4.78, 5) is 26.6. The molecule has 0 saturated carbocycles. The maximum Gasteiger partial charge on any atom is 0.417 e. The summed E-state index contributed by atoms with van der Waals surface area (Å²) in [5.41, 5.74) is 0. The first-order chi connectivity index (χ1) is 10.3. The third kappa shape index (κ3) is 3.47. The number of allylic oxidation sites excluding steroid dienone is 1. The van der Waals surface area contributed by atoms with Crippen LogP contribution in [0.2, 0.25) is 0 Å². The molecule has 2 heterocycles. The van der Waals surface area contributed by atoms with Gasteiger partial charge in [-0.2, -0.15) is 0 Å². The van der Waals surface area contributed by atoms with Crippen molar-refractivity contribution >= 4 is 23.8 Å². The van der Waals surface area contributed by atoms with Gasteiger partial charge in [-0.3, -0.25) is 4.79 Å². The number of thioether (sulfide) groups is 1. The van der Waals surface area contributed by atoms with Crippen molar-refractivity contribution in [2.45, 2.75) is 58.2 Å². The Labute approximate surface area is 135 Å². The van der Waals surface area contributed by atoms with Crippen LogP contribution in [0.25, 0.3) is 0 Å². The molecule has 0 aromatic carbocycles. The number of rotatable bonds is 5. The number of hydrogen-bond donors (Lipinski definition) is 0. The van der Waals surface area contributed by atoms with E-state index >= 15 is 0 Å². The molecule has 2 aliphatic heterocycles. The number of likely N-dealkylation sites (tertiary alicyclic amines) is 1. The minimum atomic E-state index is -0.892. The van der Waals surface area contributed by atoms with E-state index in [1.54, 1.807) is 39.5 Å². The predicted octanol–water partition coefficient (Wildman–Crippen LogP) is 2.53. The molecular weight excluding hydrogens is 306 g/mol. The van der Waals surface area contributed by atoms with Crippen LogP contribution >= 0.6 is 11.8 Å². The summed E-state index contributed by atoms with van der Waals surface area (Å²) in [6.07, 6.45) is 1.37. The third-order valence-electron chi connectivity index (χ3n) is 3.50. The second kappa shape index (κ2) is 6.60. The van der Waals surface area contributed by atoms with Gasteiger partial charge >= 0.3 is 6.09 Å². The average Bonchev–Trinajstić information content (AvgIpc) is 2.94. The normalized spacial score (nSPS) is 25.3. The molecule has 7 heteroatoms. The lowest BCUT2D eigenvalue weighted by molar-refractivity contribution is -0.246. The summed E-state index contributed by atoms with van der Waals surface area (Å²) < 4.78 is 16.2. The van der Waals surface area contributed by atoms with Crippen LogP contribution in [0.1, 0.15) is 34.1 Å². The molecule has 0 unspecified atom stereocenters. The largest absolute Gasteiger partial charge is 0.446 e.